The van der Waals surface area contributed by atoms with Crippen molar-refractivity contribution in [3.8, 4) is 0 Å². The smallest absolute Gasteiger partial charge is 0.253 e. The van der Waals surface area contributed by atoms with Gasteiger partial charge in [-0.25, -0.2) is 0 Å². The lowest BCUT2D eigenvalue weighted by molar-refractivity contribution is -0.134. The third kappa shape index (κ3) is 3.29. The number of amides is 2. The van der Waals surface area contributed by atoms with Gasteiger partial charge in [0.15, 0.2) is 0 Å². The Morgan fingerprint density at radius 1 is 0.760 bits per heavy atom. The minimum atomic E-state index is 0.0567. The van der Waals surface area contributed by atoms with Crippen molar-refractivity contribution in [3.63, 3.8) is 0 Å². The van der Waals surface area contributed by atoms with E-state index in [0.717, 1.165) is 6.42 Å². The van der Waals surface area contributed by atoms with E-state index in [1.54, 1.807) is 0 Å². The molecule has 2 atom stereocenters. The summed E-state index contributed by atoms with van der Waals surface area (Å²) in [5.41, 5.74) is 1.98. The van der Waals surface area contributed by atoms with E-state index < -0.39 is 0 Å². The first-order valence-electron chi connectivity index (χ1n) is 8.92. The minimum Gasteiger partial charge on any atom is -0.339 e. The molecule has 0 aromatic heterocycles. The van der Waals surface area contributed by atoms with Crippen LogP contribution in [0.2, 0.25) is 0 Å². The van der Waals surface area contributed by atoms with Gasteiger partial charge in [-0.05, 0) is 30.0 Å². The number of benzene rings is 2. The molecule has 1 saturated heterocycles. The van der Waals surface area contributed by atoms with Gasteiger partial charge < -0.3 is 9.80 Å². The molecule has 0 N–H and O–H groups in total. The van der Waals surface area contributed by atoms with E-state index in [1.807, 2.05) is 58.3 Å². The lowest BCUT2D eigenvalue weighted by Gasteiger charge is -2.35. The highest BCUT2D eigenvalue weighted by molar-refractivity contribution is 5.94. The highest BCUT2D eigenvalue weighted by Crippen LogP contribution is 2.48. The van der Waals surface area contributed by atoms with E-state index in [2.05, 4.69) is 12.1 Å². The van der Waals surface area contributed by atoms with Crippen molar-refractivity contribution >= 4 is 11.8 Å². The summed E-state index contributed by atoms with van der Waals surface area (Å²) in [5, 5.41) is 0. The molecule has 128 valence electrons. The largest absolute Gasteiger partial charge is 0.339 e. The molecule has 2 unspecified atom stereocenters. The average molecular weight is 334 g/mol. The molecule has 1 saturated carbocycles. The van der Waals surface area contributed by atoms with Crippen molar-refractivity contribution < 1.29 is 9.59 Å². The van der Waals surface area contributed by atoms with Crippen LogP contribution in [0.3, 0.4) is 0 Å². The molecule has 2 aromatic carbocycles. The third-order valence-corrected chi connectivity index (χ3v) is 5.23. The number of carbonyl (C=O) groups is 2. The van der Waals surface area contributed by atoms with Gasteiger partial charge in [0.05, 0.1) is 0 Å². The zero-order valence-corrected chi connectivity index (χ0v) is 14.2. The fourth-order valence-corrected chi connectivity index (χ4v) is 3.66. The van der Waals surface area contributed by atoms with Crippen LogP contribution >= 0.6 is 0 Å². The molecule has 2 fully saturated rings. The predicted octanol–water partition coefficient (Wildman–Crippen LogP) is 2.77. The molecular formula is C21H22N2O2. The molecule has 0 radical (unpaired) electrons. The molecule has 2 aliphatic rings. The standard InChI is InChI=1S/C21H22N2O2/c24-20(17-9-5-2-6-10-17)22-11-13-23(14-12-22)21(25)19-15-18(19)16-7-3-1-4-8-16/h1-10,18-19H,11-15H2. The normalized spacial score (nSPS) is 22.6. The Bertz CT molecular complexity index is 752. The Labute approximate surface area is 148 Å². The second-order valence-electron chi connectivity index (χ2n) is 6.84. The lowest BCUT2D eigenvalue weighted by atomic mass is 10.1. The Balaban J connectivity index is 1.32. The van der Waals surface area contributed by atoms with Crippen LogP contribution in [0.5, 0.6) is 0 Å². The highest BCUT2D eigenvalue weighted by atomic mass is 16.2. The van der Waals surface area contributed by atoms with Crippen LogP contribution in [-0.2, 0) is 4.79 Å². The van der Waals surface area contributed by atoms with Crippen LogP contribution in [0.15, 0.2) is 60.7 Å². The topological polar surface area (TPSA) is 40.6 Å². The Morgan fingerprint density at radius 3 is 1.96 bits per heavy atom. The monoisotopic (exact) mass is 334 g/mol. The SMILES string of the molecule is O=C(c1ccccc1)N1CCN(C(=O)C2CC2c2ccccc2)CC1. The summed E-state index contributed by atoms with van der Waals surface area (Å²) in [6.07, 6.45) is 0.950. The second-order valence-corrected chi connectivity index (χ2v) is 6.84. The van der Waals surface area contributed by atoms with Gasteiger partial charge >= 0.3 is 0 Å². The van der Waals surface area contributed by atoms with E-state index in [4.69, 9.17) is 0 Å². The summed E-state index contributed by atoms with van der Waals surface area (Å²) >= 11 is 0. The molecule has 2 aromatic rings. The predicted molar refractivity (Wildman–Crippen MR) is 96.2 cm³/mol. The third-order valence-electron chi connectivity index (χ3n) is 5.23. The van der Waals surface area contributed by atoms with Gasteiger partial charge in [-0.3, -0.25) is 9.59 Å². The zero-order valence-electron chi connectivity index (χ0n) is 14.2. The van der Waals surface area contributed by atoms with E-state index >= 15 is 0 Å². The number of carbonyl (C=O) groups excluding carboxylic acids is 2. The van der Waals surface area contributed by atoms with Crippen LogP contribution in [0, 0.1) is 5.92 Å². The first-order valence-corrected chi connectivity index (χ1v) is 8.92. The van der Waals surface area contributed by atoms with Crippen molar-refractivity contribution in [3.05, 3.63) is 71.8 Å². The van der Waals surface area contributed by atoms with Gasteiger partial charge in [0, 0.05) is 37.7 Å². The minimum absolute atomic E-state index is 0.0567. The summed E-state index contributed by atoms with van der Waals surface area (Å²) in [5.74, 6) is 0.804. The van der Waals surface area contributed by atoms with Crippen molar-refractivity contribution in [2.75, 3.05) is 26.2 Å². The molecule has 4 heteroatoms. The summed E-state index contributed by atoms with van der Waals surface area (Å²) in [4.78, 5) is 29.0. The van der Waals surface area contributed by atoms with Crippen molar-refractivity contribution in [2.45, 2.75) is 12.3 Å². The zero-order chi connectivity index (χ0) is 17.2. The first-order chi connectivity index (χ1) is 12.2. The fraction of sp³-hybridized carbons (Fsp3) is 0.333. The number of hydrogen-bond acceptors (Lipinski definition) is 2. The van der Waals surface area contributed by atoms with Gasteiger partial charge in [0.2, 0.25) is 5.91 Å². The Hall–Kier alpha value is -2.62. The molecule has 1 heterocycles. The molecule has 0 spiro atoms. The molecule has 1 aliphatic heterocycles. The Morgan fingerprint density at radius 2 is 1.32 bits per heavy atom. The van der Waals surface area contributed by atoms with E-state index in [-0.39, 0.29) is 17.7 Å². The summed E-state index contributed by atoms with van der Waals surface area (Å²) < 4.78 is 0. The highest BCUT2D eigenvalue weighted by Gasteiger charge is 2.46. The second kappa shape index (κ2) is 6.71. The average Bonchev–Trinajstić information content (AvgIpc) is 3.49. The number of nitrogens with zero attached hydrogens (tertiary/aromatic N) is 2. The van der Waals surface area contributed by atoms with Gasteiger partial charge in [-0.2, -0.15) is 0 Å². The maximum absolute atomic E-state index is 12.7. The first kappa shape index (κ1) is 15.9. The number of rotatable bonds is 3. The van der Waals surface area contributed by atoms with Crippen molar-refractivity contribution in [1.82, 2.24) is 9.80 Å². The van der Waals surface area contributed by atoms with Gasteiger partial charge in [-0.15, -0.1) is 0 Å². The quantitative estimate of drug-likeness (QED) is 0.866. The molecular weight excluding hydrogens is 312 g/mol. The number of hydrogen-bond donors (Lipinski definition) is 0. The van der Waals surface area contributed by atoms with Crippen molar-refractivity contribution in [1.29, 1.82) is 0 Å². The maximum Gasteiger partial charge on any atom is 0.253 e. The van der Waals surface area contributed by atoms with Crippen LogP contribution in [0.25, 0.3) is 0 Å². The fourth-order valence-electron chi connectivity index (χ4n) is 3.66. The molecule has 4 rings (SSSR count). The van der Waals surface area contributed by atoms with Crippen LogP contribution in [0.4, 0.5) is 0 Å². The molecule has 2 amide bonds. The Kier molecular flexibility index (Phi) is 4.26. The summed E-state index contributed by atoms with van der Waals surface area (Å²) in [6, 6.07) is 19.6. The molecule has 4 nitrogen and oxygen atoms in total. The van der Waals surface area contributed by atoms with Crippen LogP contribution in [-0.4, -0.2) is 47.8 Å². The van der Waals surface area contributed by atoms with Gasteiger partial charge in [0.25, 0.3) is 5.91 Å². The summed E-state index contributed by atoms with van der Waals surface area (Å²) in [6.45, 7) is 2.50. The lowest BCUT2D eigenvalue weighted by Crippen LogP contribution is -2.51. The van der Waals surface area contributed by atoms with E-state index in [9.17, 15) is 9.59 Å². The number of piperazine rings is 1. The van der Waals surface area contributed by atoms with Crippen LogP contribution in [0.1, 0.15) is 28.3 Å². The van der Waals surface area contributed by atoms with Crippen LogP contribution < -0.4 is 0 Å². The van der Waals surface area contributed by atoms with E-state index in [1.165, 1.54) is 5.56 Å². The van der Waals surface area contributed by atoms with Gasteiger partial charge in [-0.1, -0.05) is 48.5 Å². The molecule has 25 heavy (non-hydrogen) atoms. The molecule has 0 bridgehead atoms. The van der Waals surface area contributed by atoms with Gasteiger partial charge in [0.1, 0.15) is 0 Å². The summed E-state index contributed by atoms with van der Waals surface area (Å²) in [7, 11) is 0. The maximum atomic E-state index is 12.7. The van der Waals surface area contributed by atoms with E-state index in [0.29, 0.717) is 37.7 Å². The van der Waals surface area contributed by atoms with Crippen molar-refractivity contribution in [2.24, 2.45) is 5.92 Å². The molecule has 1 aliphatic carbocycles.